The molecule has 5 heteroatoms. The van der Waals surface area contributed by atoms with Gasteiger partial charge in [-0.3, -0.25) is 4.79 Å². The summed E-state index contributed by atoms with van der Waals surface area (Å²) in [5, 5.41) is 0. The first-order valence-electron chi connectivity index (χ1n) is 8.45. The van der Waals surface area contributed by atoms with Crippen LogP contribution < -0.4 is 14.4 Å². The fourth-order valence-corrected chi connectivity index (χ4v) is 2.41. The summed E-state index contributed by atoms with van der Waals surface area (Å²) in [6.45, 7) is 4.18. The Morgan fingerprint density at radius 1 is 1.00 bits per heavy atom. The standard InChI is InChI=1S/C20H26N2O3/c1-4-22(17-8-6-5-7-9-17)16-20(23)21(2)14-15-25-19-12-10-18(24-3)11-13-19/h5-13H,4,14-16H2,1-3H3. The molecule has 0 atom stereocenters. The van der Waals surface area contributed by atoms with E-state index in [1.165, 1.54) is 0 Å². The fourth-order valence-electron chi connectivity index (χ4n) is 2.41. The topological polar surface area (TPSA) is 42.0 Å². The van der Waals surface area contributed by atoms with Crippen LogP contribution in [-0.2, 0) is 4.79 Å². The van der Waals surface area contributed by atoms with Crippen LogP contribution in [0.15, 0.2) is 54.6 Å². The molecule has 5 nitrogen and oxygen atoms in total. The van der Waals surface area contributed by atoms with E-state index in [9.17, 15) is 4.79 Å². The molecule has 0 saturated carbocycles. The maximum atomic E-state index is 12.4. The number of amides is 1. The molecule has 2 aromatic rings. The van der Waals surface area contributed by atoms with E-state index < -0.39 is 0 Å². The smallest absolute Gasteiger partial charge is 0.241 e. The second kappa shape index (κ2) is 9.57. The molecule has 134 valence electrons. The minimum Gasteiger partial charge on any atom is -0.497 e. The van der Waals surface area contributed by atoms with Crippen LogP contribution in [0, 0.1) is 0 Å². The van der Waals surface area contributed by atoms with Crippen molar-refractivity contribution in [2.24, 2.45) is 0 Å². The van der Waals surface area contributed by atoms with Gasteiger partial charge in [0.25, 0.3) is 0 Å². The Morgan fingerprint density at radius 3 is 2.24 bits per heavy atom. The van der Waals surface area contributed by atoms with E-state index in [0.717, 1.165) is 23.7 Å². The number of rotatable bonds is 9. The lowest BCUT2D eigenvalue weighted by molar-refractivity contribution is -0.128. The van der Waals surface area contributed by atoms with Gasteiger partial charge in [-0.15, -0.1) is 0 Å². The first-order chi connectivity index (χ1) is 12.1. The predicted octanol–water partition coefficient (Wildman–Crippen LogP) is 3.06. The minimum atomic E-state index is 0.0732. The molecule has 0 unspecified atom stereocenters. The average molecular weight is 342 g/mol. The highest BCUT2D eigenvalue weighted by molar-refractivity contribution is 5.81. The second-order valence-corrected chi connectivity index (χ2v) is 5.69. The number of nitrogens with zero attached hydrogens (tertiary/aromatic N) is 2. The van der Waals surface area contributed by atoms with Gasteiger partial charge in [0.15, 0.2) is 0 Å². The van der Waals surface area contributed by atoms with Gasteiger partial charge in [-0.05, 0) is 43.3 Å². The van der Waals surface area contributed by atoms with Gasteiger partial charge in [0.1, 0.15) is 18.1 Å². The van der Waals surface area contributed by atoms with Gasteiger partial charge in [0, 0.05) is 19.3 Å². The lowest BCUT2D eigenvalue weighted by Gasteiger charge is -2.25. The van der Waals surface area contributed by atoms with Gasteiger partial charge in [-0.1, -0.05) is 18.2 Å². The summed E-state index contributed by atoms with van der Waals surface area (Å²) >= 11 is 0. The van der Waals surface area contributed by atoms with Crippen LogP contribution in [0.25, 0.3) is 0 Å². The van der Waals surface area contributed by atoms with Crippen molar-refractivity contribution in [3.8, 4) is 11.5 Å². The summed E-state index contributed by atoms with van der Waals surface area (Å²) in [4.78, 5) is 16.2. The van der Waals surface area contributed by atoms with E-state index in [2.05, 4.69) is 4.90 Å². The van der Waals surface area contributed by atoms with E-state index >= 15 is 0 Å². The Morgan fingerprint density at radius 2 is 1.64 bits per heavy atom. The molecule has 0 bridgehead atoms. The monoisotopic (exact) mass is 342 g/mol. The normalized spacial score (nSPS) is 10.2. The second-order valence-electron chi connectivity index (χ2n) is 5.69. The van der Waals surface area contributed by atoms with Gasteiger partial charge < -0.3 is 19.3 Å². The van der Waals surface area contributed by atoms with Gasteiger partial charge in [-0.2, -0.15) is 0 Å². The van der Waals surface area contributed by atoms with Crippen molar-refractivity contribution in [3.63, 3.8) is 0 Å². The van der Waals surface area contributed by atoms with Gasteiger partial charge in [0.05, 0.1) is 20.2 Å². The predicted molar refractivity (Wildman–Crippen MR) is 100 cm³/mol. The number of likely N-dealkylation sites (N-methyl/N-ethyl adjacent to an activating group) is 2. The van der Waals surface area contributed by atoms with Gasteiger partial charge >= 0.3 is 0 Å². The quantitative estimate of drug-likeness (QED) is 0.702. The molecular weight excluding hydrogens is 316 g/mol. The van der Waals surface area contributed by atoms with Crippen LogP contribution in [0.2, 0.25) is 0 Å². The van der Waals surface area contributed by atoms with Gasteiger partial charge in [-0.25, -0.2) is 0 Å². The average Bonchev–Trinajstić information content (AvgIpc) is 2.67. The van der Waals surface area contributed by atoms with Crippen molar-refractivity contribution < 1.29 is 14.3 Å². The van der Waals surface area contributed by atoms with Crippen LogP contribution in [0.3, 0.4) is 0 Å². The Hall–Kier alpha value is -2.69. The molecule has 0 aliphatic rings. The maximum absolute atomic E-state index is 12.4. The largest absolute Gasteiger partial charge is 0.497 e. The molecule has 2 rings (SSSR count). The summed E-state index contributed by atoms with van der Waals surface area (Å²) < 4.78 is 10.8. The van der Waals surface area contributed by atoms with Crippen molar-refractivity contribution in [2.45, 2.75) is 6.92 Å². The van der Waals surface area contributed by atoms with E-state index in [1.807, 2.05) is 61.5 Å². The number of benzene rings is 2. The molecule has 0 radical (unpaired) electrons. The number of para-hydroxylation sites is 1. The molecule has 0 heterocycles. The molecule has 0 N–H and O–H groups in total. The maximum Gasteiger partial charge on any atom is 0.241 e. The van der Waals surface area contributed by atoms with Crippen LogP contribution in [-0.4, -0.2) is 51.2 Å². The number of methoxy groups -OCH3 is 1. The lowest BCUT2D eigenvalue weighted by Crippen LogP contribution is -2.40. The highest BCUT2D eigenvalue weighted by Crippen LogP contribution is 2.17. The molecule has 2 aromatic carbocycles. The molecule has 0 aromatic heterocycles. The van der Waals surface area contributed by atoms with Crippen LogP contribution in [0.5, 0.6) is 11.5 Å². The zero-order valence-corrected chi connectivity index (χ0v) is 15.1. The Bertz CT molecular complexity index is 644. The third-order valence-electron chi connectivity index (χ3n) is 4.01. The molecule has 0 aliphatic carbocycles. The third-order valence-corrected chi connectivity index (χ3v) is 4.01. The van der Waals surface area contributed by atoms with Gasteiger partial charge in [0.2, 0.25) is 5.91 Å². The van der Waals surface area contributed by atoms with Crippen LogP contribution >= 0.6 is 0 Å². The third kappa shape index (κ3) is 5.71. The highest BCUT2D eigenvalue weighted by Gasteiger charge is 2.13. The van der Waals surface area contributed by atoms with E-state index in [0.29, 0.717) is 19.7 Å². The Balaban J connectivity index is 1.79. The molecule has 0 fully saturated rings. The summed E-state index contributed by atoms with van der Waals surface area (Å²) in [5.41, 5.74) is 1.06. The zero-order valence-electron chi connectivity index (χ0n) is 15.1. The zero-order chi connectivity index (χ0) is 18.1. The SMILES string of the molecule is CCN(CC(=O)N(C)CCOc1ccc(OC)cc1)c1ccccc1. The molecule has 0 spiro atoms. The van der Waals surface area contributed by atoms with Crippen molar-refractivity contribution in [1.82, 2.24) is 4.90 Å². The van der Waals surface area contributed by atoms with E-state index in [1.54, 1.807) is 19.1 Å². The summed E-state index contributed by atoms with van der Waals surface area (Å²) in [6, 6.07) is 17.4. The molecule has 0 saturated heterocycles. The number of carbonyl (C=O) groups is 1. The summed E-state index contributed by atoms with van der Waals surface area (Å²) in [6.07, 6.45) is 0. The first-order valence-corrected chi connectivity index (χ1v) is 8.45. The van der Waals surface area contributed by atoms with Crippen LogP contribution in [0.4, 0.5) is 5.69 Å². The molecule has 25 heavy (non-hydrogen) atoms. The molecule has 1 amide bonds. The molecular formula is C20H26N2O3. The lowest BCUT2D eigenvalue weighted by atomic mass is 10.3. The number of hydrogen-bond acceptors (Lipinski definition) is 4. The molecule has 0 aliphatic heterocycles. The number of anilines is 1. The summed E-state index contributed by atoms with van der Waals surface area (Å²) in [5.74, 6) is 1.63. The number of hydrogen-bond donors (Lipinski definition) is 0. The first kappa shape index (κ1) is 18.6. The van der Waals surface area contributed by atoms with E-state index in [4.69, 9.17) is 9.47 Å². The van der Waals surface area contributed by atoms with Crippen molar-refractivity contribution >= 4 is 11.6 Å². The highest BCUT2D eigenvalue weighted by atomic mass is 16.5. The Labute approximate surface area is 149 Å². The summed E-state index contributed by atoms with van der Waals surface area (Å²) in [7, 11) is 3.43. The fraction of sp³-hybridized carbons (Fsp3) is 0.350. The van der Waals surface area contributed by atoms with Crippen molar-refractivity contribution in [3.05, 3.63) is 54.6 Å². The van der Waals surface area contributed by atoms with Crippen molar-refractivity contribution in [2.75, 3.05) is 45.3 Å². The number of carbonyl (C=O) groups excluding carboxylic acids is 1. The van der Waals surface area contributed by atoms with E-state index in [-0.39, 0.29) is 5.91 Å². The van der Waals surface area contributed by atoms with Crippen molar-refractivity contribution in [1.29, 1.82) is 0 Å². The minimum absolute atomic E-state index is 0.0732. The number of ether oxygens (including phenoxy) is 2. The Kier molecular flexibility index (Phi) is 7.14. The van der Waals surface area contributed by atoms with Crippen LogP contribution in [0.1, 0.15) is 6.92 Å².